The summed E-state index contributed by atoms with van der Waals surface area (Å²) in [7, 11) is 0. The number of fused-ring (bicyclic) bond motifs is 2. The lowest BCUT2D eigenvalue weighted by Crippen LogP contribution is -2.14. The number of nitrogens with zero attached hydrogens (tertiary/aromatic N) is 4. The Morgan fingerprint density at radius 3 is 2.65 bits per heavy atom. The summed E-state index contributed by atoms with van der Waals surface area (Å²) in [6, 6.07) is 13.0. The van der Waals surface area contributed by atoms with E-state index in [9.17, 15) is 9.18 Å². The van der Waals surface area contributed by atoms with E-state index in [1.165, 1.54) is 22.7 Å². The molecule has 0 unspecified atom stereocenters. The summed E-state index contributed by atoms with van der Waals surface area (Å²) < 4.78 is 14.3. The molecule has 0 saturated heterocycles. The van der Waals surface area contributed by atoms with Crippen molar-refractivity contribution in [3.63, 3.8) is 0 Å². The Hall–Kier alpha value is -3.81. The predicted octanol–water partition coefficient (Wildman–Crippen LogP) is 2.77. The van der Waals surface area contributed by atoms with E-state index in [0.29, 0.717) is 22.9 Å². The molecule has 2 N–H and O–H groups in total. The Morgan fingerprint density at radius 1 is 1.00 bits per heavy atom. The molecule has 2 aromatic carbocycles. The van der Waals surface area contributed by atoms with Gasteiger partial charge in [-0.25, -0.2) is 4.39 Å². The van der Waals surface area contributed by atoms with Crippen LogP contribution in [0.3, 0.4) is 0 Å². The molecule has 5 aromatic rings. The van der Waals surface area contributed by atoms with E-state index in [2.05, 4.69) is 25.3 Å². The quantitative estimate of drug-likeness (QED) is 0.514. The van der Waals surface area contributed by atoms with Crippen LogP contribution in [-0.2, 0) is 0 Å². The molecule has 0 bridgehead atoms. The molecule has 3 aromatic heterocycles. The average Bonchev–Trinajstić information content (AvgIpc) is 3.28. The lowest BCUT2D eigenvalue weighted by molar-refractivity contribution is 0.628. The fraction of sp³-hybridized carbons (Fsp3) is 0. The van der Waals surface area contributed by atoms with Crippen molar-refractivity contribution in [2.75, 3.05) is 0 Å². The van der Waals surface area contributed by atoms with E-state index in [1.54, 1.807) is 18.3 Å². The van der Waals surface area contributed by atoms with Crippen molar-refractivity contribution < 1.29 is 4.39 Å². The fourth-order valence-electron chi connectivity index (χ4n) is 2.87. The molecule has 0 aliphatic carbocycles. The minimum atomic E-state index is -0.342. The standard InChI is InChI=1S/C18H11FN6O/c19-13-4-1-10(2-5-13)17-22-18-21-15(8-16(26)25(18)24-17)11-3-6-14-12(7-11)9-20-23-14/h1-9H,(H,20,23)(H,21,22,24). The summed E-state index contributed by atoms with van der Waals surface area (Å²) >= 11 is 0. The number of hydrogen-bond donors (Lipinski definition) is 2. The molecule has 0 spiro atoms. The summed E-state index contributed by atoms with van der Waals surface area (Å²) in [5, 5.41) is 12.0. The first-order valence-electron chi connectivity index (χ1n) is 7.87. The molecule has 5 rings (SSSR count). The zero-order chi connectivity index (χ0) is 17.7. The number of benzene rings is 2. The third kappa shape index (κ3) is 2.27. The van der Waals surface area contributed by atoms with Gasteiger partial charge in [0, 0.05) is 17.0 Å². The summed E-state index contributed by atoms with van der Waals surface area (Å²) in [6.45, 7) is 0. The largest absolute Gasteiger partial charge is 0.323 e. The highest BCUT2D eigenvalue weighted by molar-refractivity contribution is 5.83. The number of halogens is 1. The second-order valence-corrected chi connectivity index (χ2v) is 5.87. The maximum atomic E-state index is 13.1. The SMILES string of the molecule is O=c1cc(-c2ccc3[nH]ncc3c2)[nH]c2nc(-c3ccc(F)cc3)nn12. The predicted molar refractivity (Wildman–Crippen MR) is 94.1 cm³/mol. The highest BCUT2D eigenvalue weighted by Gasteiger charge is 2.11. The monoisotopic (exact) mass is 346 g/mol. The van der Waals surface area contributed by atoms with Crippen LogP contribution in [0, 0.1) is 5.82 Å². The Balaban J connectivity index is 1.66. The van der Waals surface area contributed by atoms with Crippen LogP contribution in [-0.4, -0.2) is 29.8 Å². The number of rotatable bonds is 2. The van der Waals surface area contributed by atoms with Crippen molar-refractivity contribution in [2.24, 2.45) is 0 Å². The van der Waals surface area contributed by atoms with Crippen LogP contribution in [0.25, 0.3) is 39.3 Å². The first-order chi connectivity index (χ1) is 12.7. The molecular weight excluding hydrogens is 335 g/mol. The van der Waals surface area contributed by atoms with Gasteiger partial charge in [-0.2, -0.15) is 14.6 Å². The van der Waals surface area contributed by atoms with Crippen LogP contribution in [0.4, 0.5) is 4.39 Å². The van der Waals surface area contributed by atoms with E-state index in [4.69, 9.17) is 0 Å². The van der Waals surface area contributed by atoms with Gasteiger partial charge in [-0.05, 0) is 42.0 Å². The van der Waals surface area contributed by atoms with E-state index >= 15 is 0 Å². The zero-order valence-corrected chi connectivity index (χ0v) is 13.3. The maximum Gasteiger partial charge on any atom is 0.276 e. The summed E-state index contributed by atoms with van der Waals surface area (Å²) in [5.74, 6) is 0.324. The van der Waals surface area contributed by atoms with Gasteiger partial charge >= 0.3 is 0 Å². The highest BCUT2D eigenvalue weighted by Crippen LogP contribution is 2.22. The van der Waals surface area contributed by atoms with Crippen molar-refractivity contribution in [1.29, 1.82) is 0 Å². The molecule has 0 atom stereocenters. The summed E-state index contributed by atoms with van der Waals surface area (Å²) in [4.78, 5) is 19.9. The van der Waals surface area contributed by atoms with Crippen LogP contribution in [0.2, 0.25) is 0 Å². The maximum absolute atomic E-state index is 13.1. The van der Waals surface area contributed by atoms with E-state index in [0.717, 1.165) is 16.5 Å². The topological polar surface area (TPSA) is 91.7 Å². The molecule has 0 aliphatic rings. The second kappa shape index (κ2) is 5.35. The van der Waals surface area contributed by atoms with Gasteiger partial charge in [0.15, 0.2) is 5.82 Å². The van der Waals surface area contributed by atoms with Gasteiger partial charge in [0.05, 0.1) is 17.4 Å². The third-order valence-electron chi connectivity index (χ3n) is 4.18. The molecule has 3 heterocycles. The first-order valence-corrected chi connectivity index (χ1v) is 7.87. The number of nitrogens with one attached hydrogen (secondary N) is 2. The third-order valence-corrected chi connectivity index (χ3v) is 4.18. The normalized spacial score (nSPS) is 11.4. The summed E-state index contributed by atoms with van der Waals surface area (Å²) in [5.41, 5.74) is 2.71. The van der Waals surface area contributed by atoms with Gasteiger partial charge < -0.3 is 4.98 Å². The number of hydrogen-bond acceptors (Lipinski definition) is 4. The van der Waals surface area contributed by atoms with Gasteiger partial charge in [-0.3, -0.25) is 9.89 Å². The molecule has 26 heavy (non-hydrogen) atoms. The Morgan fingerprint density at radius 2 is 1.81 bits per heavy atom. The number of aromatic nitrogens is 6. The van der Waals surface area contributed by atoms with Gasteiger partial charge in [-0.15, -0.1) is 5.10 Å². The molecule has 0 radical (unpaired) electrons. The van der Waals surface area contributed by atoms with Crippen molar-refractivity contribution in [2.45, 2.75) is 0 Å². The van der Waals surface area contributed by atoms with Crippen molar-refractivity contribution in [1.82, 2.24) is 29.8 Å². The molecule has 0 saturated carbocycles. The molecule has 0 aliphatic heterocycles. The first kappa shape index (κ1) is 14.5. The molecule has 0 amide bonds. The van der Waals surface area contributed by atoms with Crippen LogP contribution < -0.4 is 5.56 Å². The minimum absolute atomic E-state index is 0.304. The van der Waals surface area contributed by atoms with Crippen LogP contribution in [0.15, 0.2) is 59.5 Å². The van der Waals surface area contributed by atoms with E-state index in [-0.39, 0.29) is 11.4 Å². The minimum Gasteiger partial charge on any atom is -0.323 e. The fourth-order valence-corrected chi connectivity index (χ4v) is 2.87. The zero-order valence-electron chi connectivity index (χ0n) is 13.3. The van der Waals surface area contributed by atoms with E-state index < -0.39 is 0 Å². The van der Waals surface area contributed by atoms with Gasteiger partial charge in [0.25, 0.3) is 5.56 Å². The molecule has 7 nitrogen and oxygen atoms in total. The average molecular weight is 346 g/mol. The van der Waals surface area contributed by atoms with Gasteiger partial charge in [0.2, 0.25) is 5.78 Å². The molecule has 8 heteroatoms. The molecule has 0 fully saturated rings. The number of H-pyrrole nitrogens is 2. The van der Waals surface area contributed by atoms with Gasteiger partial charge in [0.1, 0.15) is 5.82 Å². The van der Waals surface area contributed by atoms with Crippen molar-refractivity contribution >= 4 is 16.7 Å². The van der Waals surface area contributed by atoms with Crippen LogP contribution in [0.1, 0.15) is 0 Å². The summed E-state index contributed by atoms with van der Waals surface area (Å²) in [6.07, 6.45) is 1.72. The van der Waals surface area contributed by atoms with Gasteiger partial charge in [-0.1, -0.05) is 6.07 Å². The van der Waals surface area contributed by atoms with E-state index in [1.807, 2.05) is 18.2 Å². The highest BCUT2D eigenvalue weighted by atomic mass is 19.1. The smallest absolute Gasteiger partial charge is 0.276 e. The van der Waals surface area contributed by atoms with Crippen molar-refractivity contribution in [3.8, 4) is 22.6 Å². The lowest BCUT2D eigenvalue weighted by atomic mass is 10.1. The lowest BCUT2D eigenvalue weighted by Gasteiger charge is -2.02. The Bertz CT molecular complexity index is 1320. The van der Waals surface area contributed by atoms with Crippen LogP contribution >= 0.6 is 0 Å². The Labute approximate surface area is 145 Å². The van der Waals surface area contributed by atoms with Crippen LogP contribution in [0.5, 0.6) is 0 Å². The second-order valence-electron chi connectivity index (χ2n) is 5.87. The van der Waals surface area contributed by atoms with Crippen molar-refractivity contribution in [3.05, 3.63) is 70.9 Å². The molecular formula is C18H11FN6O. The number of aromatic amines is 2. The molecule has 126 valence electrons. The Kier molecular flexibility index (Phi) is 2.99.